The van der Waals surface area contributed by atoms with E-state index in [1.54, 1.807) is 63.8 Å². The van der Waals surface area contributed by atoms with E-state index in [1.807, 2.05) is 0 Å². The monoisotopic (exact) mass is 369 g/mol. The fourth-order valence-electron chi connectivity index (χ4n) is 2.59. The average molecular weight is 369 g/mol. The first-order chi connectivity index (χ1) is 13.1. The topological polar surface area (TPSA) is 75.6 Å². The van der Waals surface area contributed by atoms with Gasteiger partial charge in [0.1, 0.15) is 11.5 Å². The lowest BCUT2D eigenvalue weighted by Crippen LogP contribution is -2.06. The molecule has 1 aliphatic rings. The number of aliphatic imine (C=N–C) groups is 1. The Labute approximate surface area is 156 Å². The van der Waals surface area contributed by atoms with Gasteiger partial charge in [-0.1, -0.05) is 0 Å². The number of benzene rings is 2. The average Bonchev–Trinajstić information content (AvgIpc) is 3.08. The number of methoxy groups -OCH3 is 4. The summed E-state index contributed by atoms with van der Waals surface area (Å²) in [5.41, 5.74) is 1.46. The Hall–Kier alpha value is -3.48. The molecule has 3 rings (SSSR count). The molecule has 0 amide bonds. The first-order valence-electron chi connectivity index (χ1n) is 8.06. The number of carbonyl (C=O) groups excluding carboxylic acids is 1. The highest BCUT2D eigenvalue weighted by molar-refractivity contribution is 6.13. The van der Waals surface area contributed by atoms with E-state index in [1.165, 1.54) is 7.11 Å². The highest BCUT2D eigenvalue weighted by Crippen LogP contribution is 2.31. The molecule has 0 unspecified atom stereocenters. The van der Waals surface area contributed by atoms with Crippen LogP contribution >= 0.6 is 0 Å². The number of cyclic esters (lactones) is 1. The molecule has 0 saturated carbocycles. The van der Waals surface area contributed by atoms with Gasteiger partial charge in [-0.25, -0.2) is 9.79 Å². The van der Waals surface area contributed by atoms with E-state index in [-0.39, 0.29) is 11.6 Å². The third-order valence-electron chi connectivity index (χ3n) is 3.98. The van der Waals surface area contributed by atoms with Gasteiger partial charge in [0.25, 0.3) is 0 Å². The van der Waals surface area contributed by atoms with Gasteiger partial charge in [0.15, 0.2) is 17.2 Å². The molecule has 27 heavy (non-hydrogen) atoms. The van der Waals surface area contributed by atoms with Gasteiger partial charge in [-0.15, -0.1) is 0 Å². The van der Waals surface area contributed by atoms with Crippen LogP contribution in [0.2, 0.25) is 0 Å². The van der Waals surface area contributed by atoms with Crippen LogP contribution in [-0.4, -0.2) is 40.3 Å². The maximum atomic E-state index is 12.2. The summed E-state index contributed by atoms with van der Waals surface area (Å²) in [7, 11) is 6.20. The van der Waals surface area contributed by atoms with Gasteiger partial charge in [0, 0.05) is 17.2 Å². The Morgan fingerprint density at radius 1 is 0.852 bits per heavy atom. The van der Waals surface area contributed by atoms with Crippen LogP contribution < -0.4 is 18.9 Å². The molecule has 1 heterocycles. The molecule has 2 aromatic carbocycles. The Balaban J connectivity index is 1.96. The molecule has 0 spiro atoms. The van der Waals surface area contributed by atoms with Crippen molar-refractivity contribution in [3.05, 3.63) is 53.2 Å². The fourth-order valence-corrected chi connectivity index (χ4v) is 2.59. The lowest BCUT2D eigenvalue weighted by Gasteiger charge is -2.08. The molecule has 0 atom stereocenters. The summed E-state index contributed by atoms with van der Waals surface area (Å²) in [5, 5.41) is 0. The van der Waals surface area contributed by atoms with Gasteiger partial charge in [-0.3, -0.25) is 0 Å². The van der Waals surface area contributed by atoms with Crippen LogP contribution in [0, 0.1) is 0 Å². The van der Waals surface area contributed by atoms with Gasteiger partial charge in [0.05, 0.1) is 28.4 Å². The molecule has 0 aromatic heterocycles. The number of nitrogens with zero attached hydrogens (tertiary/aromatic N) is 1. The zero-order chi connectivity index (χ0) is 19.4. The third kappa shape index (κ3) is 3.72. The maximum Gasteiger partial charge on any atom is 0.363 e. The molecule has 0 aliphatic carbocycles. The van der Waals surface area contributed by atoms with Crippen LogP contribution in [0.4, 0.5) is 0 Å². The molecule has 0 radical (unpaired) electrons. The van der Waals surface area contributed by atoms with Crippen LogP contribution in [0.15, 0.2) is 47.1 Å². The summed E-state index contributed by atoms with van der Waals surface area (Å²) >= 11 is 0. The normalized spacial score (nSPS) is 14.6. The summed E-state index contributed by atoms with van der Waals surface area (Å²) < 4.78 is 26.3. The minimum absolute atomic E-state index is 0.170. The number of esters is 1. The van der Waals surface area contributed by atoms with Crippen LogP contribution in [0.5, 0.6) is 23.0 Å². The van der Waals surface area contributed by atoms with Gasteiger partial charge in [-0.2, -0.15) is 0 Å². The summed E-state index contributed by atoms with van der Waals surface area (Å²) in [5.74, 6) is 1.95. The quantitative estimate of drug-likeness (QED) is 0.575. The van der Waals surface area contributed by atoms with E-state index >= 15 is 0 Å². The van der Waals surface area contributed by atoms with E-state index < -0.39 is 5.97 Å². The molecular weight excluding hydrogens is 350 g/mol. The number of ether oxygens (including phenoxy) is 5. The third-order valence-corrected chi connectivity index (χ3v) is 3.98. The predicted molar refractivity (Wildman–Crippen MR) is 99.7 cm³/mol. The van der Waals surface area contributed by atoms with Crippen LogP contribution in [0.25, 0.3) is 6.08 Å². The van der Waals surface area contributed by atoms with Crippen molar-refractivity contribution >= 4 is 17.9 Å². The first-order valence-corrected chi connectivity index (χ1v) is 8.06. The number of carbonyl (C=O) groups is 1. The Morgan fingerprint density at radius 3 is 2.26 bits per heavy atom. The standard InChI is InChI=1S/C20H19NO6/c1-23-14-7-5-12(17(11-14)25-3)9-15-20(22)27-19(21-15)13-6-8-16(24-2)18(10-13)26-4/h5-11H,1-4H3/b15-9+. The van der Waals surface area contributed by atoms with Crippen molar-refractivity contribution in [1.82, 2.24) is 0 Å². The highest BCUT2D eigenvalue weighted by atomic mass is 16.6. The molecule has 140 valence electrons. The van der Waals surface area contributed by atoms with Crippen molar-refractivity contribution in [3.63, 3.8) is 0 Å². The van der Waals surface area contributed by atoms with Crippen LogP contribution in [-0.2, 0) is 9.53 Å². The van der Waals surface area contributed by atoms with Crippen LogP contribution in [0.3, 0.4) is 0 Å². The van der Waals surface area contributed by atoms with Crippen molar-refractivity contribution in [1.29, 1.82) is 0 Å². The van der Waals surface area contributed by atoms with Gasteiger partial charge in [-0.05, 0) is 36.4 Å². The molecule has 1 aliphatic heterocycles. The van der Waals surface area contributed by atoms with Gasteiger partial charge < -0.3 is 23.7 Å². The Morgan fingerprint density at radius 2 is 1.59 bits per heavy atom. The van der Waals surface area contributed by atoms with E-state index in [9.17, 15) is 4.79 Å². The zero-order valence-electron chi connectivity index (χ0n) is 15.4. The predicted octanol–water partition coefficient (Wildman–Crippen LogP) is 3.07. The molecule has 0 bridgehead atoms. The van der Waals surface area contributed by atoms with E-state index in [0.29, 0.717) is 34.1 Å². The first kappa shape index (κ1) is 18.3. The molecule has 7 nitrogen and oxygen atoms in total. The lowest BCUT2D eigenvalue weighted by molar-refractivity contribution is -0.129. The summed E-state index contributed by atoms with van der Waals surface area (Å²) in [6.45, 7) is 0. The van der Waals surface area contributed by atoms with E-state index in [2.05, 4.69) is 4.99 Å². The van der Waals surface area contributed by atoms with Crippen molar-refractivity contribution in [2.24, 2.45) is 4.99 Å². The largest absolute Gasteiger partial charge is 0.497 e. The summed E-state index contributed by atoms with van der Waals surface area (Å²) in [4.78, 5) is 16.5. The van der Waals surface area contributed by atoms with E-state index in [4.69, 9.17) is 23.7 Å². The minimum atomic E-state index is -0.544. The molecule has 0 N–H and O–H groups in total. The van der Waals surface area contributed by atoms with Crippen molar-refractivity contribution < 1.29 is 28.5 Å². The highest BCUT2D eigenvalue weighted by Gasteiger charge is 2.25. The maximum absolute atomic E-state index is 12.2. The molecule has 0 fully saturated rings. The molecule has 7 heteroatoms. The van der Waals surface area contributed by atoms with Crippen molar-refractivity contribution in [2.75, 3.05) is 28.4 Å². The lowest BCUT2D eigenvalue weighted by atomic mass is 10.1. The number of hydrogen-bond donors (Lipinski definition) is 0. The van der Waals surface area contributed by atoms with Crippen molar-refractivity contribution in [2.45, 2.75) is 0 Å². The van der Waals surface area contributed by atoms with Crippen LogP contribution in [0.1, 0.15) is 11.1 Å². The smallest absolute Gasteiger partial charge is 0.363 e. The minimum Gasteiger partial charge on any atom is -0.497 e. The van der Waals surface area contributed by atoms with Crippen molar-refractivity contribution in [3.8, 4) is 23.0 Å². The molecule has 2 aromatic rings. The number of rotatable bonds is 6. The second-order valence-corrected chi connectivity index (χ2v) is 5.51. The summed E-state index contributed by atoms with van der Waals surface area (Å²) in [6, 6.07) is 10.4. The Bertz CT molecular complexity index is 932. The summed E-state index contributed by atoms with van der Waals surface area (Å²) in [6.07, 6.45) is 1.61. The van der Waals surface area contributed by atoms with Gasteiger partial charge >= 0.3 is 5.97 Å². The Kier molecular flexibility index (Phi) is 5.30. The zero-order valence-corrected chi connectivity index (χ0v) is 15.4. The van der Waals surface area contributed by atoms with E-state index in [0.717, 1.165) is 0 Å². The second kappa shape index (κ2) is 7.82. The second-order valence-electron chi connectivity index (χ2n) is 5.51. The SMILES string of the molecule is COc1ccc(/C=C2/N=C(c3ccc(OC)c(OC)c3)OC2=O)c(OC)c1. The molecular formula is C20H19NO6. The number of hydrogen-bond acceptors (Lipinski definition) is 7. The molecule has 0 saturated heterocycles. The fraction of sp³-hybridized carbons (Fsp3) is 0.200. The van der Waals surface area contributed by atoms with Gasteiger partial charge in [0.2, 0.25) is 5.90 Å².